The molecule has 0 aliphatic heterocycles. The monoisotopic (exact) mass is 267 g/mol. The van der Waals surface area contributed by atoms with Crippen LogP contribution in [0.15, 0.2) is 23.4 Å². The van der Waals surface area contributed by atoms with Gasteiger partial charge in [0.05, 0.1) is 27.6 Å². The lowest BCUT2D eigenvalue weighted by atomic mass is 10.2. The van der Waals surface area contributed by atoms with Crippen molar-refractivity contribution in [3.8, 4) is 0 Å². The lowest BCUT2D eigenvalue weighted by Crippen LogP contribution is -2.35. The Morgan fingerprint density at radius 2 is 2.22 bits per heavy atom. The number of nitrogens with one attached hydrogen (secondary N) is 1. The number of carbonyl (C=O) groups excluding carboxylic acids is 1. The maximum atomic E-state index is 12.0. The molecule has 6 heteroatoms. The summed E-state index contributed by atoms with van der Waals surface area (Å²) in [6, 6.07) is 1.85. The van der Waals surface area contributed by atoms with Gasteiger partial charge in [0.15, 0.2) is 0 Å². The van der Waals surface area contributed by atoms with Gasteiger partial charge in [-0.3, -0.25) is 14.0 Å². The third-order valence-electron chi connectivity index (χ3n) is 3.04. The quantitative estimate of drug-likeness (QED) is 0.846. The van der Waals surface area contributed by atoms with E-state index in [1.54, 1.807) is 6.07 Å². The maximum absolute atomic E-state index is 12.0. The van der Waals surface area contributed by atoms with E-state index in [1.165, 1.54) is 12.4 Å². The predicted molar refractivity (Wildman–Crippen MR) is 70.3 cm³/mol. The Bertz CT molecular complexity index is 458. The Morgan fingerprint density at radius 1 is 1.50 bits per heavy atom. The first-order chi connectivity index (χ1) is 8.66. The van der Waals surface area contributed by atoms with Gasteiger partial charge in [0.1, 0.15) is 5.75 Å². The van der Waals surface area contributed by atoms with Crippen LogP contribution in [0.3, 0.4) is 0 Å². The smallest absolute Gasteiger partial charge is 0.233 e. The first-order valence-electron chi connectivity index (χ1n) is 6.04. The molecular weight excluding hydrogens is 250 g/mol. The van der Waals surface area contributed by atoms with E-state index in [1.807, 2.05) is 0 Å². The molecule has 1 atom stereocenters. The number of hydrogen-bond acceptors (Lipinski definition) is 4. The molecule has 0 bridgehead atoms. The normalized spacial score (nSPS) is 17.6. The van der Waals surface area contributed by atoms with Gasteiger partial charge in [-0.05, 0) is 18.9 Å². The van der Waals surface area contributed by atoms with E-state index in [-0.39, 0.29) is 17.7 Å². The summed E-state index contributed by atoms with van der Waals surface area (Å²) >= 11 is 0. The van der Waals surface area contributed by atoms with Crippen molar-refractivity contribution in [2.24, 2.45) is 0 Å². The molecule has 1 amide bonds. The molecule has 0 radical (unpaired) electrons. The van der Waals surface area contributed by atoms with E-state index >= 15 is 0 Å². The third-order valence-corrected chi connectivity index (χ3v) is 4.42. The summed E-state index contributed by atoms with van der Waals surface area (Å²) in [4.78, 5) is 16.0. The third kappa shape index (κ3) is 3.29. The minimum Gasteiger partial charge on any atom is -0.396 e. The van der Waals surface area contributed by atoms with Crippen molar-refractivity contribution < 1.29 is 9.00 Å². The lowest BCUT2D eigenvalue weighted by Gasteiger charge is -2.11. The molecule has 1 unspecified atom stereocenters. The molecule has 0 spiro atoms. The van der Waals surface area contributed by atoms with Crippen LogP contribution in [0.4, 0.5) is 5.69 Å². The average molecular weight is 267 g/mol. The van der Waals surface area contributed by atoms with Crippen LogP contribution in [-0.4, -0.2) is 26.9 Å². The van der Waals surface area contributed by atoms with Crippen LogP contribution >= 0.6 is 0 Å². The number of carbonyl (C=O) groups is 1. The first kappa shape index (κ1) is 13.0. The van der Waals surface area contributed by atoms with Gasteiger partial charge >= 0.3 is 0 Å². The van der Waals surface area contributed by atoms with Gasteiger partial charge in [0, 0.05) is 12.2 Å². The van der Waals surface area contributed by atoms with Crippen molar-refractivity contribution in [2.45, 2.75) is 36.6 Å². The highest BCUT2D eigenvalue weighted by atomic mass is 32.2. The Morgan fingerprint density at radius 3 is 2.89 bits per heavy atom. The van der Waals surface area contributed by atoms with Gasteiger partial charge in [-0.1, -0.05) is 12.8 Å². The Balaban J connectivity index is 1.91. The molecule has 1 fully saturated rings. The number of amides is 1. The van der Waals surface area contributed by atoms with E-state index in [9.17, 15) is 9.00 Å². The zero-order valence-corrected chi connectivity index (χ0v) is 10.9. The molecular formula is C12H17N3O2S. The second-order valence-corrected chi connectivity index (χ2v) is 5.87. The van der Waals surface area contributed by atoms with Crippen molar-refractivity contribution in [1.29, 1.82) is 0 Å². The summed E-state index contributed by atoms with van der Waals surface area (Å²) in [5.74, 6) is -0.207. The topological polar surface area (TPSA) is 85.1 Å². The van der Waals surface area contributed by atoms with Crippen LogP contribution < -0.4 is 11.1 Å². The van der Waals surface area contributed by atoms with Gasteiger partial charge in [-0.25, -0.2) is 0 Å². The zero-order valence-electron chi connectivity index (χ0n) is 10.1. The molecule has 5 nitrogen and oxygen atoms in total. The van der Waals surface area contributed by atoms with Crippen LogP contribution in [0.1, 0.15) is 25.7 Å². The Labute approximate surface area is 109 Å². The van der Waals surface area contributed by atoms with Crippen molar-refractivity contribution in [3.05, 3.63) is 18.5 Å². The standard InChI is InChI=1S/C12H17N3O2S/c13-10-7-14-6-5-11(10)18(17)8-12(16)15-9-3-1-2-4-9/h5-7,9H,1-4,8,13H2,(H,15,16). The van der Waals surface area contributed by atoms with E-state index < -0.39 is 10.8 Å². The maximum Gasteiger partial charge on any atom is 0.233 e. The molecule has 3 N–H and O–H groups in total. The largest absolute Gasteiger partial charge is 0.396 e. The zero-order chi connectivity index (χ0) is 13.0. The van der Waals surface area contributed by atoms with E-state index in [0.717, 1.165) is 25.7 Å². The van der Waals surface area contributed by atoms with E-state index in [4.69, 9.17) is 5.73 Å². The first-order valence-corrected chi connectivity index (χ1v) is 7.36. The van der Waals surface area contributed by atoms with Gasteiger partial charge in [0.2, 0.25) is 5.91 Å². The minimum absolute atomic E-state index is 0.0370. The van der Waals surface area contributed by atoms with Gasteiger partial charge in [-0.15, -0.1) is 0 Å². The molecule has 1 aliphatic carbocycles. The molecule has 1 aliphatic rings. The fourth-order valence-electron chi connectivity index (χ4n) is 2.14. The van der Waals surface area contributed by atoms with Crippen molar-refractivity contribution in [2.75, 3.05) is 11.5 Å². The summed E-state index contributed by atoms with van der Waals surface area (Å²) in [6.07, 6.45) is 7.34. The summed E-state index contributed by atoms with van der Waals surface area (Å²) in [5.41, 5.74) is 6.04. The SMILES string of the molecule is Nc1cnccc1S(=O)CC(=O)NC1CCCC1. The number of nitrogens with zero attached hydrogens (tertiary/aromatic N) is 1. The summed E-state index contributed by atoms with van der Waals surface area (Å²) in [5, 5.41) is 2.91. The van der Waals surface area contributed by atoms with Gasteiger partial charge in [0.25, 0.3) is 0 Å². The highest BCUT2D eigenvalue weighted by Crippen LogP contribution is 2.18. The highest BCUT2D eigenvalue weighted by molar-refractivity contribution is 7.86. The fraction of sp³-hybridized carbons (Fsp3) is 0.500. The second-order valence-electron chi connectivity index (χ2n) is 4.45. The molecule has 1 saturated carbocycles. The molecule has 1 aromatic heterocycles. The number of anilines is 1. The van der Waals surface area contributed by atoms with Crippen molar-refractivity contribution in [3.63, 3.8) is 0 Å². The molecule has 98 valence electrons. The molecule has 2 rings (SSSR count). The number of aromatic nitrogens is 1. The number of rotatable bonds is 4. The summed E-state index contributed by atoms with van der Waals surface area (Å²) < 4.78 is 12.0. The fourth-order valence-corrected chi connectivity index (χ4v) is 3.14. The Hall–Kier alpha value is -1.43. The van der Waals surface area contributed by atoms with Crippen LogP contribution in [-0.2, 0) is 15.6 Å². The molecule has 0 aromatic carbocycles. The number of hydrogen-bond donors (Lipinski definition) is 2. The van der Waals surface area contributed by atoms with Crippen LogP contribution in [0, 0.1) is 0 Å². The number of nitrogens with two attached hydrogens (primary N) is 1. The lowest BCUT2D eigenvalue weighted by molar-refractivity contribution is -0.119. The summed E-state index contributed by atoms with van der Waals surface area (Å²) in [7, 11) is -1.40. The molecule has 0 saturated heterocycles. The summed E-state index contributed by atoms with van der Waals surface area (Å²) in [6.45, 7) is 0. The molecule has 1 aromatic rings. The average Bonchev–Trinajstić information content (AvgIpc) is 2.82. The van der Waals surface area contributed by atoms with Crippen LogP contribution in [0.5, 0.6) is 0 Å². The van der Waals surface area contributed by atoms with E-state index in [2.05, 4.69) is 10.3 Å². The van der Waals surface area contributed by atoms with Gasteiger partial charge < -0.3 is 11.1 Å². The molecule has 1 heterocycles. The van der Waals surface area contributed by atoms with Crippen molar-refractivity contribution >= 4 is 22.4 Å². The number of nitrogen functional groups attached to an aromatic ring is 1. The van der Waals surface area contributed by atoms with Crippen molar-refractivity contribution in [1.82, 2.24) is 10.3 Å². The van der Waals surface area contributed by atoms with Gasteiger partial charge in [-0.2, -0.15) is 0 Å². The predicted octanol–water partition coefficient (Wildman–Crippen LogP) is 0.830. The number of pyridine rings is 1. The van der Waals surface area contributed by atoms with E-state index in [0.29, 0.717) is 10.6 Å². The van der Waals surface area contributed by atoms with Crippen LogP contribution in [0.25, 0.3) is 0 Å². The molecule has 18 heavy (non-hydrogen) atoms. The highest BCUT2D eigenvalue weighted by Gasteiger charge is 2.19. The minimum atomic E-state index is -1.40. The Kier molecular flexibility index (Phi) is 4.30. The van der Waals surface area contributed by atoms with Crippen LogP contribution in [0.2, 0.25) is 0 Å². The second kappa shape index (κ2) is 5.95.